The average molecular weight is 150 g/mol. The van der Waals surface area contributed by atoms with Crippen LogP contribution in [-0.4, -0.2) is 0 Å². The van der Waals surface area contributed by atoms with Crippen LogP contribution in [-0.2, 0) is 0 Å². The van der Waals surface area contributed by atoms with Crippen LogP contribution in [0.4, 0.5) is 0 Å². The molecular weight excluding hydrogens is 132 g/mol. The predicted molar refractivity (Wildman–Crippen MR) is 54.6 cm³/mol. The molecule has 0 heteroatoms. The van der Waals surface area contributed by atoms with Crippen molar-refractivity contribution in [2.24, 2.45) is 0 Å². The maximum Gasteiger partial charge on any atom is -0.0404 e. The van der Waals surface area contributed by atoms with Gasteiger partial charge in [0, 0.05) is 0 Å². The monoisotopic (exact) mass is 150 g/mol. The van der Waals surface area contributed by atoms with Crippen LogP contribution in [0.2, 0.25) is 0 Å². The van der Waals surface area contributed by atoms with E-state index in [9.17, 15) is 0 Å². The summed E-state index contributed by atoms with van der Waals surface area (Å²) >= 11 is 0. The van der Waals surface area contributed by atoms with E-state index < -0.39 is 0 Å². The largest absolute Gasteiger partial charge is 0.0991 e. The minimum Gasteiger partial charge on any atom is -0.0991 e. The highest BCUT2D eigenvalue weighted by Gasteiger charge is 1.63. The Bertz CT molecular complexity index is 147. The molecule has 62 valence electrons. The van der Waals surface area contributed by atoms with Crippen LogP contribution in [0, 0.1) is 0 Å². The van der Waals surface area contributed by atoms with Crippen molar-refractivity contribution in [1.29, 1.82) is 0 Å². The molecule has 0 unspecified atom stereocenters. The summed E-state index contributed by atoms with van der Waals surface area (Å²) in [6, 6.07) is 0. The molecule has 0 spiro atoms. The maximum atomic E-state index is 3.66. The lowest BCUT2D eigenvalue weighted by Gasteiger charge is -1.75. The molecule has 0 fully saturated rings. The molecule has 0 aliphatic rings. The molecule has 0 atom stereocenters. The van der Waals surface area contributed by atoms with Gasteiger partial charge in [-0.05, 0) is 20.8 Å². The molecule has 0 aliphatic heterocycles. The third-order valence-electron chi connectivity index (χ3n) is 0.780. The van der Waals surface area contributed by atoms with Crippen LogP contribution < -0.4 is 0 Å². The highest BCUT2D eigenvalue weighted by atomic mass is 13.7. The second-order valence-corrected chi connectivity index (χ2v) is 2.11. The molecule has 0 aromatic rings. The Kier molecular flexibility index (Phi) is 13.4. The van der Waals surface area contributed by atoms with Crippen molar-refractivity contribution in [3.05, 3.63) is 49.1 Å². The number of hydrogen-bond donors (Lipinski definition) is 0. The van der Waals surface area contributed by atoms with Crippen molar-refractivity contribution >= 4 is 0 Å². The fourth-order valence-corrected chi connectivity index (χ4v) is 0.421. The Morgan fingerprint density at radius 1 is 1.18 bits per heavy atom. The van der Waals surface area contributed by atoms with E-state index >= 15 is 0 Å². The Hall–Kier alpha value is -1.04. The van der Waals surface area contributed by atoms with Crippen molar-refractivity contribution < 1.29 is 0 Å². The molecule has 0 heterocycles. The first-order valence-corrected chi connectivity index (χ1v) is 3.71. The molecule has 0 saturated heterocycles. The van der Waals surface area contributed by atoms with E-state index in [0.717, 1.165) is 5.57 Å². The summed E-state index contributed by atoms with van der Waals surface area (Å²) in [5.74, 6) is 0. The highest BCUT2D eigenvalue weighted by molar-refractivity contribution is 5.09. The topological polar surface area (TPSA) is 0 Å². The van der Waals surface area contributed by atoms with Gasteiger partial charge in [0.05, 0.1) is 0 Å². The average Bonchev–Trinajstić information content (AvgIpc) is 1.90. The third kappa shape index (κ3) is 27.7. The smallest absolute Gasteiger partial charge is 0.0404 e. The molecule has 0 amide bonds. The van der Waals surface area contributed by atoms with Crippen LogP contribution in [0.5, 0.6) is 0 Å². The van der Waals surface area contributed by atoms with E-state index in [1.165, 1.54) is 0 Å². The van der Waals surface area contributed by atoms with Gasteiger partial charge in [-0.3, -0.25) is 0 Å². The zero-order valence-electron chi connectivity index (χ0n) is 7.80. The first-order chi connectivity index (χ1) is 5.18. The second-order valence-electron chi connectivity index (χ2n) is 2.11. The van der Waals surface area contributed by atoms with Gasteiger partial charge < -0.3 is 0 Å². The Morgan fingerprint density at radius 2 is 1.73 bits per heavy atom. The van der Waals surface area contributed by atoms with E-state index in [1.807, 2.05) is 45.1 Å². The first kappa shape index (κ1) is 12.6. The summed E-state index contributed by atoms with van der Waals surface area (Å²) in [5, 5.41) is 0. The van der Waals surface area contributed by atoms with Gasteiger partial charge in [0.2, 0.25) is 0 Å². The Morgan fingerprint density at radius 3 is 1.73 bits per heavy atom. The van der Waals surface area contributed by atoms with Gasteiger partial charge >= 0.3 is 0 Å². The molecule has 0 aromatic carbocycles. The normalized spacial score (nSPS) is 9.36. The molecule has 11 heavy (non-hydrogen) atoms. The molecular formula is C11H18. The van der Waals surface area contributed by atoms with Gasteiger partial charge in [0.25, 0.3) is 0 Å². The summed E-state index contributed by atoms with van der Waals surface area (Å²) in [6.45, 7) is 13.0. The van der Waals surface area contributed by atoms with Gasteiger partial charge in [-0.25, -0.2) is 0 Å². The van der Waals surface area contributed by atoms with Crippen LogP contribution in [0.25, 0.3) is 0 Å². The lowest BCUT2D eigenvalue weighted by molar-refractivity contribution is 1.54. The standard InChI is InChI=1S/C6H10.C5H8/c1-4-5-6(2)3;1-3-5-4-2/h4-5H,2H2,1,3H3;3-5H,1H2,2H3. The van der Waals surface area contributed by atoms with Gasteiger partial charge in [0.15, 0.2) is 0 Å². The summed E-state index contributed by atoms with van der Waals surface area (Å²) < 4.78 is 0. The molecule has 0 rings (SSSR count). The minimum atomic E-state index is 1.11. The quantitative estimate of drug-likeness (QED) is 0.524. The lowest BCUT2D eigenvalue weighted by atomic mass is 10.3. The van der Waals surface area contributed by atoms with E-state index in [4.69, 9.17) is 0 Å². The first-order valence-electron chi connectivity index (χ1n) is 3.71. The van der Waals surface area contributed by atoms with Crippen molar-refractivity contribution in [1.82, 2.24) is 0 Å². The van der Waals surface area contributed by atoms with Crippen LogP contribution in [0.3, 0.4) is 0 Å². The maximum absolute atomic E-state index is 3.66. The van der Waals surface area contributed by atoms with Gasteiger partial charge in [-0.2, -0.15) is 0 Å². The summed E-state index contributed by atoms with van der Waals surface area (Å²) in [5.41, 5.74) is 1.11. The summed E-state index contributed by atoms with van der Waals surface area (Å²) in [7, 11) is 0. The van der Waals surface area contributed by atoms with E-state index in [1.54, 1.807) is 6.08 Å². The number of rotatable bonds is 2. The van der Waals surface area contributed by atoms with Crippen molar-refractivity contribution in [2.45, 2.75) is 20.8 Å². The van der Waals surface area contributed by atoms with E-state index in [-0.39, 0.29) is 0 Å². The number of allylic oxidation sites excluding steroid dienone is 6. The van der Waals surface area contributed by atoms with Crippen LogP contribution in [0.1, 0.15) is 20.8 Å². The molecule has 0 N–H and O–H groups in total. The lowest BCUT2D eigenvalue weighted by Crippen LogP contribution is -1.54. The predicted octanol–water partition coefficient (Wildman–Crippen LogP) is 3.89. The fourth-order valence-electron chi connectivity index (χ4n) is 0.421. The van der Waals surface area contributed by atoms with E-state index in [2.05, 4.69) is 13.2 Å². The molecule has 0 aliphatic carbocycles. The number of hydrogen-bond acceptors (Lipinski definition) is 0. The molecule has 0 nitrogen and oxygen atoms in total. The minimum absolute atomic E-state index is 1.11. The van der Waals surface area contributed by atoms with Crippen molar-refractivity contribution in [3.8, 4) is 0 Å². The van der Waals surface area contributed by atoms with E-state index in [0.29, 0.717) is 0 Å². The zero-order chi connectivity index (χ0) is 9.11. The SMILES string of the molecule is C=C(C)C=CC.C=CC=CC. The van der Waals surface area contributed by atoms with Gasteiger partial charge in [-0.15, -0.1) is 0 Å². The van der Waals surface area contributed by atoms with Crippen LogP contribution >= 0.6 is 0 Å². The third-order valence-corrected chi connectivity index (χ3v) is 0.780. The van der Waals surface area contributed by atoms with Crippen molar-refractivity contribution in [2.75, 3.05) is 0 Å². The molecule has 0 radical (unpaired) electrons. The summed E-state index contributed by atoms with van der Waals surface area (Å²) in [6.07, 6.45) is 9.52. The van der Waals surface area contributed by atoms with Crippen molar-refractivity contribution in [3.63, 3.8) is 0 Å². The fraction of sp³-hybridized carbons (Fsp3) is 0.273. The zero-order valence-corrected chi connectivity index (χ0v) is 7.80. The Labute approximate surface area is 70.6 Å². The molecule has 0 bridgehead atoms. The molecule has 0 saturated carbocycles. The summed E-state index contributed by atoms with van der Waals surface area (Å²) in [4.78, 5) is 0. The highest BCUT2D eigenvalue weighted by Crippen LogP contribution is 1.85. The van der Waals surface area contributed by atoms with Gasteiger partial charge in [0.1, 0.15) is 0 Å². The second kappa shape index (κ2) is 11.7. The van der Waals surface area contributed by atoms with Crippen LogP contribution in [0.15, 0.2) is 49.1 Å². The van der Waals surface area contributed by atoms with Gasteiger partial charge in [-0.1, -0.05) is 49.1 Å². The Balaban J connectivity index is 0. The molecule has 0 aromatic heterocycles.